The highest BCUT2D eigenvalue weighted by atomic mass is 35.5. The zero-order valence-electron chi connectivity index (χ0n) is 6.19. The molecule has 0 saturated heterocycles. The van der Waals surface area contributed by atoms with Crippen LogP contribution in [-0.4, -0.2) is 21.2 Å². The fourth-order valence-electron chi connectivity index (χ4n) is 0.961. The zero-order chi connectivity index (χ0) is 9.42. The molecule has 0 aromatic carbocycles. The Kier molecular flexibility index (Phi) is 1.66. The van der Waals surface area contributed by atoms with Crippen molar-refractivity contribution in [1.29, 1.82) is 0 Å². The third-order valence-electron chi connectivity index (χ3n) is 1.50. The Morgan fingerprint density at radius 3 is 3.08 bits per heavy atom. The highest BCUT2D eigenvalue weighted by molar-refractivity contribution is 6.31. The van der Waals surface area contributed by atoms with Gasteiger partial charge in [0.15, 0.2) is 0 Å². The summed E-state index contributed by atoms with van der Waals surface area (Å²) in [6, 6.07) is 1.45. The van der Waals surface area contributed by atoms with E-state index in [0.29, 0.717) is 10.4 Å². The molecule has 13 heavy (non-hydrogen) atoms. The van der Waals surface area contributed by atoms with Crippen molar-refractivity contribution in [3.63, 3.8) is 0 Å². The van der Waals surface area contributed by atoms with Gasteiger partial charge >= 0.3 is 5.97 Å². The second kappa shape index (κ2) is 2.70. The third kappa shape index (κ3) is 1.23. The van der Waals surface area contributed by atoms with Gasteiger partial charge in [0.25, 0.3) is 5.71 Å². The van der Waals surface area contributed by atoms with Gasteiger partial charge in [0.05, 0.1) is 10.4 Å². The number of carbonyl (C=O) groups is 1. The standard InChI is InChI=1S/C7H3ClN2O3/c8-3-1-4-5(7(11)12)10-13-6(4)9-2-3/h1-2H,(H,11,12). The van der Waals surface area contributed by atoms with E-state index in [4.69, 9.17) is 16.7 Å². The maximum absolute atomic E-state index is 10.6. The number of fused-ring (bicyclic) bond motifs is 1. The van der Waals surface area contributed by atoms with Crippen LogP contribution in [0.1, 0.15) is 10.5 Å². The quantitative estimate of drug-likeness (QED) is 0.753. The molecular formula is C7H3ClN2O3. The molecule has 0 aliphatic carbocycles. The summed E-state index contributed by atoms with van der Waals surface area (Å²) in [6.07, 6.45) is 1.36. The molecule has 0 aliphatic rings. The number of carboxylic acid groups (broad SMARTS) is 1. The number of aromatic nitrogens is 2. The van der Waals surface area contributed by atoms with Crippen molar-refractivity contribution in [1.82, 2.24) is 10.1 Å². The minimum atomic E-state index is -1.16. The second-order valence-corrected chi connectivity index (χ2v) is 2.78. The molecule has 0 radical (unpaired) electrons. The molecule has 5 nitrogen and oxygen atoms in total. The number of hydrogen-bond acceptors (Lipinski definition) is 4. The highest BCUT2D eigenvalue weighted by Crippen LogP contribution is 2.19. The van der Waals surface area contributed by atoms with Gasteiger partial charge in [-0.3, -0.25) is 0 Å². The Balaban J connectivity index is 2.79. The summed E-state index contributed by atoms with van der Waals surface area (Å²) in [7, 11) is 0. The van der Waals surface area contributed by atoms with E-state index in [1.165, 1.54) is 12.3 Å². The number of rotatable bonds is 1. The maximum atomic E-state index is 10.6. The van der Waals surface area contributed by atoms with Gasteiger partial charge in [-0.15, -0.1) is 0 Å². The fourth-order valence-corrected chi connectivity index (χ4v) is 1.12. The first-order valence-corrected chi connectivity index (χ1v) is 3.70. The van der Waals surface area contributed by atoms with Crippen LogP contribution in [0.15, 0.2) is 16.8 Å². The maximum Gasteiger partial charge on any atom is 0.358 e. The average Bonchev–Trinajstić information content (AvgIpc) is 2.46. The Morgan fingerprint density at radius 1 is 1.62 bits per heavy atom. The monoisotopic (exact) mass is 198 g/mol. The minimum Gasteiger partial charge on any atom is -0.476 e. The molecule has 2 rings (SSSR count). The number of nitrogens with zero attached hydrogens (tertiary/aromatic N) is 2. The normalized spacial score (nSPS) is 10.5. The number of carboxylic acids is 1. The first kappa shape index (κ1) is 8.00. The van der Waals surface area contributed by atoms with E-state index in [0.717, 1.165) is 0 Å². The average molecular weight is 199 g/mol. The Hall–Kier alpha value is -1.62. The second-order valence-electron chi connectivity index (χ2n) is 2.34. The lowest BCUT2D eigenvalue weighted by Crippen LogP contribution is -1.96. The Bertz CT molecular complexity index is 480. The van der Waals surface area contributed by atoms with Crippen LogP contribution in [0.4, 0.5) is 0 Å². The van der Waals surface area contributed by atoms with Crippen molar-refractivity contribution in [3.05, 3.63) is 23.0 Å². The van der Waals surface area contributed by atoms with Gasteiger partial charge in [-0.1, -0.05) is 16.8 Å². The summed E-state index contributed by atoms with van der Waals surface area (Å²) in [5, 5.41) is 12.7. The van der Waals surface area contributed by atoms with Gasteiger partial charge < -0.3 is 9.63 Å². The number of pyridine rings is 1. The molecule has 0 bridgehead atoms. The van der Waals surface area contributed by atoms with E-state index < -0.39 is 5.97 Å². The molecule has 6 heteroatoms. The van der Waals surface area contributed by atoms with E-state index in [1.807, 2.05) is 0 Å². The summed E-state index contributed by atoms with van der Waals surface area (Å²) in [5.41, 5.74) is -0.00759. The fraction of sp³-hybridized carbons (Fsp3) is 0. The van der Waals surface area contributed by atoms with E-state index in [2.05, 4.69) is 14.7 Å². The van der Waals surface area contributed by atoms with Gasteiger partial charge in [0, 0.05) is 6.20 Å². The SMILES string of the molecule is O=C(O)c1noc2ncc(Cl)cc12. The van der Waals surface area contributed by atoms with Crippen molar-refractivity contribution in [3.8, 4) is 0 Å². The molecule has 2 heterocycles. The van der Waals surface area contributed by atoms with Crippen LogP contribution in [0.2, 0.25) is 5.02 Å². The first-order chi connectivity index (χ1) is 6.18. The summed E-state index contributed by atoms with van der Waals surface area (Å²) in [4.78, 5) is 14.4. The van der Waals surface area contributed by atoms with E-state index in [9.17, 15) is 4.79 Å². The molecule has 0 aliphatic heterocycles. The van der Waals surface area contributed by atoms with Crippen molar-refractivity contribution in [2.75, 3.05) is 0 Å². The van der Waals surface area contributed by atoms with Crippen LogP contribution in [0, 0.1) is 0 Å². The van der Waals surface area contributed by atoms with E-state index >= 15 is 0 Å². The molecule has 0 spiro atoms. The largest absolute Gasteiger partial charge is 0.476 e. The first-order valence-electron chi connectivity index (χ1n) is 3.32. The molecule has 2 aromatic rings. The Labute approximate surface area is 76.9 Å². The zero-order valence-corrected chi connectivity index (χ0v) is 6.95. The number of aromatic carboxylic acids is 1. The number of hydrogen-bond donors (Lipinski definition) is 1. The van der Waals surface area contributed by atoms with Crippen LogP contribution in [0.3, 0.4) is 0 Å². The van der Waals surface area contributed by atoms with Crippen molar-refractivity contribution in [2.45, 2.75) is 0 Å². The molecule has 66 valence electrons. The van der Waals surface area contributed by atoms with Gasteiger partial charge in [0.2, 0.25) is 5.69 Å². The third-order valence-corrected chi connectivity index (χ3v) is 1.71. The lowest BCUT2D eigenvalue weighted by molar-refractivity contribution is 0.0688. The molecule has 2 aromatic heterocycles. The van der Waals surface area contributed by atoms with Crippen LogP contribution in [0.5, 0.6) is 0 Å². The molecular weight excluding hydrogens is 196 g/mol. The lowest BCUT2D eigenvalue weighted by Gasteiger charge is -1.88. The lowest BCUT2D eigenvalue weighted by atomic mass is 10.3. The molecule has 0 atom stereocenters. The van der Waals surface area contributed by atoms with Gasteiger partial charge in [-0.2, -0.15) is 0 Å². The van der Waals surface area contributed by atoms with Crippen LogP contribution in [0.25, 0.3) is 11.1 Å². The smallest absolute Gasteiger partial charge is 0.358 e. The van der Waals surface area contributed by atoms with Crippen molar-refractivity contribution >= 4 is 28.7 Å². The van der Waals surface area contributed by atoms with E-state index in [1.54, 1.807) is 0 Å². The summed E-state index contributed by atoms with van der Waals surface area (Å²) in [6.45, 7) is 0. The van der Waals surface area contributed by atoms with Gasteiger partial charge in [-0.25, -0.2) is 9.78 Å². The molecule has 0 fully saturated rings. The van der Waals surface area contributed by atoms with Crippen LogP contribution in [-0.2, 0) is 0 Å². The minimum absolute atomic E-state index is 0.168. The summed E-state index contributed by atoms with van der Waals surface area (Å²) < 4.78 is 4.66. The molecule has 0 saturated carbocycles. The summed E-state index contributed by atoms with van der Waals surface area (Å²) in [5.74, 6) is -1.16. The molecule has 0 unspecified atom stereocenters. The molecule has 0 amide bonds. The van der Waals surface area contributed by atoms with Gasteiger partial charge in [-0.05, 0) is 6.07 Å². The predicted octanol–water partition coefficient (Wildman–Crippen LogP) is 1.57. The topological polar surface area (TPSA) is 76.2 Å². The van der Waals surface area contributed by atoms with Crippen LogP contribution < -0.4 is 0 Å². The van der Waals surface area contributed by atoms with Crippen molar-refractivity contribution in [2.24, 2.45) is 0 Å². The molecule has 1 N–H and O–H groups in total. The predicted molar refractivity (Wildman–Crippen MR) is 43.8 cm³/mol. The summed E-state index contributed by atoms with van der Waals surface area (Å²) >= 11 is 5.63. The Morgan fingerprint density at radius 2 is 2.38 bits per heavy atom. The highest BCUT2D eigenvalue weighted by Gasteiger charge is 2.15. The van der Waals surface area contributed by atoms with Gasteiger partial charge in [0.1, 0.15) is 0 Å². The number of halogens is 1. The van der Waals surface area contributed by atoms with Crippen molar-refractivity contribution < 1.29 is 14.4 Å². The van der Waals surface area contributed by atoms with Crippen LogP contribution >= 0.6 is 11.6 Å². The van der Waals surface area contributed by atoms with E-state index in [-0.39, 0.29) is 11.4 Å².